The molecule has 0 spiro atoms. The number of rotatable bonds is 3. The second-order valence-electron chi connectivity index (χ2n) is 10.2. The molecule has 4 aliphatic rings. The standard InChI is InChI=1S/C28H41NO7/c1-19-18-34-14-9-15-35-26-23(32-2)16-21(17-24(26)33-3)25(20-10-5-4-6-11-20)27(30)29-13-8-7-12-22(29)28(31)36-19/h16-17,19-20,22,25H,4-15,18H2,1-3H3/t19-,22-,25-/m0/s1. The van der Waals surface area contributed by atoms with E-state index in [0.29, 0.717) is 56.5 Å². The number of benzene rings is 1. The summed E-state index contributed by atoms with van der Waals surface area (Å²) in [4.78, 5) is 29.3. The second kappa shape index (κ2) is 12.7. The predicted molar refractivity (Wildman–Crippen MR) is 135 cm³/mol. The Morgan fingerprint density at radius 2 is 1.58 bits per heavy atom. The third-order valence-electron chi connectivity index (χ3n) is 7.64. The van der Waals surface area contributed by atoms with E-state index in [0.717, 1.165) is 44.1 Å². The second-order valence-corrected chi connectivity index (χ2v) is 10.2. The fourth-order valence-corrected chi connectivity index (χ4v) is 5.82. The van der Waals surface area contributed by atoms with E-state index >= 15 is 0 Å². The molecule has 1 aliphatic carbocycles. The van der Waals surface area contributed by atoms with Crippen LogP contribution in [-0.2, 0) is 19.1 Å². The van der Waals surface area contributed by atoms with Crippen molar-refractivity contribution in [2.75, 3.05) is 40.6 Å². The van der Waals surface area contributed by atoms with Gasteiger partial charge in [0.25, 0.3) is 0 Å². The Morgan fingerprint density at radius 1 is 0.889 bits per heavy atom. The molecule has 2 bridgehead atoms. The van der Waals surface area contributed by atoms with Gasteiger partial charge in [-0.3, -0.25) is 4.79 Å². The van der Waals surface area contributed by atoms with E-state index < -0.39 is 6.04 Å². The lowest BCUT2D eigenvalue weighted by atomic mass is 9.75. The van der Waals surface area contributed by atoms with Crippen molar-refractivity contribution in [1.29, 1.82) is 0 Å². The fraction of sp³-hybridized carbons (Fsp3) is 0.714. The molecule has 2 fully saturated rings. The van der Waals surface area contributed by atoms with Gasteiger partial charge in [-0.05, 0) is 62.6 Å². The van der Waals surface area contributed by atoms with Crippen LogP contribution < -0.4 is 14.2 Å². The van der Waals surface area contributed by atoms with Crippen molar-refractivity contribution in [1.82, 2.24) is 4.90 Å². The number of fused-ring (bicyclic) bond motifs is 11. The van der Waals surface area contributed by atoms with E-state index in [2.05, 4.69) is 0 Å². The third-order valence-corrected chi connectivity index (χ3v) is 7.64. The number of nitrogens with zero attached hydrogens (tertiary/aromatic N) is 1. The summed E-state index contributed by atoms with van der Waals surface area (Å²) < 4.78 is 28.9. The summed E-state index contributed by atoms with van der Waals surface area (Å²) in [5.74, 6) is 1.10. The zero-order chi connectivity index (χ0) is 25.5. The Labute approximate surface area is 214 Å². The van der Waals surface area contributed by atoms with Crippen molar-refractivity contribution in [3.05, 3.63) is 17.7 Å². The lowest BCUT2D eigenvalue weighted by molar-refractivity contribution is -0.163. The van der Waals surface area contributed by atoms with Crippen LogP contribution in [0.2, 0.25) is 0 Å². The summed E-state index contributed by atoms with van der Waals surface area (Å²) in [5.41, 5.74) is 0.853. The van der Waals surface area contributed by atoms with E-state index in [1.54, 1.807) is 19.1 Å². The van der Waals surface area contributed by atoms with Gasteiger partial charge in [0.05, 0.1) is 33.4 Å². The maximum absolute atomic E-state index is 14.3. The zero-order valence-corrected chi connectivity index (χ0v) is 22.0. The number of hydrogen-bond donors (Lipinski definition) is 0. The average Bonchev–Trinajstić information content (AvgIpc) is 2.91. The van der Waals surface area contributed by atoms with Gasteiger partial charge < -0.3 is 28.6 Å². The summed E-state index contributed by atoms with van der Waals surface area (Å²) in [6.07, 6.45) is 8.04. The van der Waals surface area contributed by atoms with Gasteiger partial charge in [0.2, 0.25) is 11.7 Å². The van der Waals surface area contributed by atoms with E-state index in [1.165, 1.54) is 6.42 Å². The Hall–Kier alpha value is -2.48. The molecule has 0 aromatic heterocycles. The molecule has 1 saturated heterocycles. The Balaban J connectivity index is 1.77. The number of ether oxygens (including phenoxy) is 5. The van der Waals surface area contributed by atoms with E-state index in [-0.39, 0.29) is 29.8 Å². The first kappa shape index (κ1) is 26.6. The first-order chi connectivity index (χ1) is 17.5. The van der Waals surface area contributed by atoms with Gasteiger partial charge in [0.15, 0.2) is 11.5 Å². The quantitative estimate of drug-likeness (QED) is 0.563. The molecule has 1 saturated carbocycles. The third kappa shape index (κ3) is 6.07. The van der Waals surface area contributed by atoms with Crippen LogP contribution >= 0.6 is 0 Å². The Bertz CT molecular complexity index is 873. The zero-order valence-electron chi connectivity index (χ0n) is 22.0. The number of methoxy groups -OCH3 is 2. The molecule has 200 valence electrons. The lowest BCUT2D eigenvalue weighted by Crippen LogP contribution is -2.51. The minimum Gasteiger partial charge on any atom is -0.493 e. The smallest absolute Gasteiger partial charge is 0.329 e. The molecule has 1 aromatic carbocycles. The minimum atomic E-state index is -0.568. The maximum Gasteiger partial charge on any atom is 0.329 e. The molecule has 8 nitrogen and oxygen atoms in total. The average molecular weight is 504 g/mol. The summed E-state index contributed by atoms with van der Waals surface area (Å²) in [7, 11) is 3.21. The van der Waals surface area contributed by atoms with Crippen LogP contribution in [0.4, 0.5) is 0 Å². The van der Waals surface area contributed by atoms with Crippen molar-refractivity contribution in [2.24, 2.45) is 5.92 Å². The summed E-state index contributed by atoms with van der Waals surface area (Å²) in [6.45, 7) is 3.58. The number of carbonyl (C=O) groups excluding carboxylic acids is 2. The molecule has 0 radical (unpaired) electrons. The van der Waals surface area contributed by atoms with Crippen LogP contribution in [0.15, 0.2) is 12.1 Å². The highest BCUT2D eigenvalue weighted by Gasteiger charge is 2.41. The fourth-order valence-electron chi connectivity index (χ4n) is 5.82. The Kier molecular flexibility index (Phi) is 9.35. The molecule has 5 rings (SSSR count). The van der Waals surface area contributed by atoms with Gasteiger partial charge in [-0.1, -0.05) is 19.3 Å². The molecule has 1 amide bonds. The van der Waals surface area contributed by atoms with Gasteiger partial charge in [-0.25, -0.2) is 4.79 Å². The topological polar surface area (TPSA) is 83.5 Å². The highest BCUT2D eigenvalue weighted by molar-refractivity contribution is 5.89. The van der Waals surface area contributed by atoms with E-state index in [4.69, 9.17) is 23.7 Å². The molecule has 36 heavy (non-hydrogen) atoms. The molecule has 8 heteroatoms. The van der Waals surface area contributed by atoms with Gasteiger partial charge in [0.1, 0.15) is 12.1 Å². The first-order valence-electron chi connectivity index (χ1n) is 13.5. The van der Waals surface area contributed by atoms with Gasteiger partial charge >= 0.3 is 5.97 Å². The van der Waals surface area contributed by atoms with Gasteiger partial charge in [0, 0.05) is 19.6 Å². The number of amides is 1. The highest BCUT2D eigenvalue weighted by atomic mass is 16.6. The van der Waals surface area contributed by atoms with Crippen LogP contribution in [0, 0.1) is 5.92 Å². The molecule has 1 aromatic rings. The molecule has 3 heterocycles. The van der Waals surface area contributed by atoms with Gasteiger partial charge in [-0.15, -0.1) is 0 Å². The van der Waals surface area contributed by atoms with Crippen LogP contribution in [0.25, 0.3) is 0 Å². The van der Waals surface area contributed by atoms with Crippen LogP contribution in [0.1, 0.15) is 76.2 Å². The highest BCUT2D eigenvalue weighted by Crippen LogP contribution is 2.45. The van der Waals surface area contributed by atoms with Gasteiger partial charge in [-0.2, -0.15) is 0 Å². The lowest BCUT2D eigenvalue weighted by Gasteiger charge is -2.39. The maximum atomic E-state index is 14.3. The minimum absolute atomic E-state index is 0.00505. The molecule has 3 atom stereocenters. The van der Waals surface area contributed by atoms with Crippen molar-refractivity contribution in [3.63, 3.8) is 0 Å². The Morgan fingerprint density at radius 3 is 2.28 bits per heavy atom. The number of hydrogen-bond acceptors (Lipinski definition) is 7. The van der Waals surface area contributed by atoms with Crippen LogP contribution in [0.3, 0.4) is 0 Å². The van der Waals surface area contributed by atoms with Crippen LogP contribution in [0.5, 0.6) is 17.2 Å². The number of piperidine rings is 1. The number of esters is 1. The van der Waals surface area contributed by atoms with Crippen molar-refractivity contribution < 1.29 is 33.3 Å². The monoisotopic (exact) mass is 503 g/mol. The molecular formula is C28H41NO7. The molecule has 3 aliphatic heterocycles. The van der Waals surface area contributed by atoms with E-state index in [9.17, 15) is 9.59 Å². The first-order valence-corrected chi connectivity index (χ1v) is 13.5. The molecule has 0 N–H and O–H groups in total. The molecular weight excluding hydrogens is 462 g/mol. The largest absolute Gasteiger partial charge is 0.493 e. The summed E-state index contributed by atoms with van der Waals surface area (Å²) in [5, 5.41) is 0. The SMILES string of the molecule is COc1cc2cc(OC)c1OCCCOC[C@H](C)OC(=O)[C@@H]1CCCCN1C(=O)[C@H]2C1CCCCC1. The van der Waals surface area contributed by atoms with Crippen molar-refractivity contribution in [3.8, 4) is 17.2 Å². The van der Waals surface area contributed by atoms with Crippen molar-refractivity contribution >= 4 is 11.9 Å². The predicted octanol–water partition coefficient (Wildman–Crippen LogP) is 4.48. The number of carbonyl (C=O) groups is 2. The van der Waals surface area contributed by atoms with Crippen molar-refractivity contribution in [2.45, 2.75) is 82.8 Å². The summed E-state index contributed by atoms with van der Waals surface area (Å²) in [6, 6.07) is 3.27. The summed E-state index contributed by atoms with van der Waals surface area (Å²) >= 11 is 0. The van der Waals surface area contributed by atoms with E-state index in [1.807, 2.05) is 19.1 Å². The van der Waals surface area contributed by atoms with Crippen LogP contribution in [-0.4, -0.2) is 69.5 Å². The normalized spacial score (nSPS) is 27.0. The molecule has 0 unspecified atom stereocenters.